The van der Waals surface area contributed by atoms with E-state index in [-0.39, 0.29) is 6.61 Å². The van der Waals surface area contributed by atoms with Gasteiger partial charge in [0.1, 0.15) is 12.0 Å². The lowest BCUT2D eigenvalue weighted by Crippen LogP contribution is -1.90. The zero-order valence-electron chi connectivity index (χ0n) is 13.8. The van der Waals surface area contributed by atoms with Crippen LogP contribution in [0.3, 0.4) is 0 Å². The molecule has 0 radical (unpaired) electrons. The smallest absolute Gasteiger partial charge is 0.198 e. The number of hydrogen-bond donors (Lipinski definition) is 1. The van der Waals surface area contributed by atoms with Crippen LogP contribution in [0.2, 0.25) is 0 Å². The number of pyridine rings is 1. The van der Waals surface area contributed by atoms with Gasteiger partial charge in [-0.15, -0.1) is 10.2 Å². The molecule has 0 saturated heterocycles. The van der Waals surface area contributed by atoms with E-state index in [1.165, 1.54) is 11.8 Å². The van der Waals surface area contributed by atoms with Crippen LogP contribution in [0.4, 0.5) is 0 Å². The first-order chi connectivity index (χ1) is 12.1. The van der Waals surface area contributed by atoms with E-state index >= 15 is 0 Å². The highest BCUT2D eigenvalue weighted by Crippen LogP contribution is 2.32. The van der Waals surface area contributed by atoms with E-state index in [0.29, 0.717) is 5.76 Å². The second-order valence-corrected chi connectivity index (χ2v) is 6.75. The summed E-state index contributed by atoms with van der Waals surface area (Å²) >= 11 is 1.41. The largest absolute Gasteiger partial charge is 0.448 e. The monoisotopic (exact) mass is 352 g/mol. The molecular weight excluding hydrogens is 336 g/mol. The molecule has 3 heterocycles. The fourth-order valence-electron chi connectivity index (χ4n) is 2.64. The van der Waals surface area contributed by atoms with Gasteiger partial charge in [0, 0.05) is 12.4 Å². The Labute approximate surface area is 148 Å². The van der Waals surface area contributed by atoms with Gasteiger partial charge in [-0.05, 0) is 54.1 Å². The van der Waals surface area contributed by atoms with Gasteiger partial charge < -0.3 is 14.1 Å². The Kier molecular flexibility index (Phi) is 4.03. The van der Waals surface area contributed by atoms with E-state index in [9.17, 15) is 5.11 Å². The summed E-state index contributed by atoms with van der Waals surface area (Å²) < 4.78 is 7.76. The first kappa shape index (κ1) is 15.9. The molecule has 0 fully saturated rings. The van der Waals surface area contributed by atoms with E-state index in [1.54, 1.807) is 6.33 Å². The predicted octanol–water partition coefficient (Wildman–Crippen LogP) is 3.58. The molecular formula is C18H16N4O2S. The van der Waals surface area contributed by atoms with Gasteiger partial charge in [0.05, 0.1) is 12.1 Å². The number of aliphatic hydroxyl groups excluding tert-OH is 1. The molecule has 1 aromatic carbocycles. The summed E-state index contributed by atoms with van der Waals surface area (Å²) in [6, 6.07) is 11.6. The summed E-state index contributed by atoms with van der Waals surface area (Å²) in [5.41, 5.74) is 3.57. The minimum Gasteiger partial charge on any atom is -0.448 e. The average molecular weight is 352 g/mol. The predicted molar refractivity (Wildman–Crippen MR) is 95.2 cm³/mol. The highest BCUT2D eigenvalue weighted by molar-refractivity contribution is 7.99. The van der Waals surface area contributed by atoms with Gasteiger partial charge >= 0.3 is 0 Å². The lowest BCUT2D eigenvalue weighted by Gasteiger charge is -2.06. The number of nitrogens with zero attached hydrogens (tertiary/aromatic N) is 4. The Morgan fingerprint density at radius 2 is 2.08 bits per heavy atom. The molecule has 1 N–H and O–H groups in total. The van der Waals surface area contributed by atoms with Crippen molar-refractivity contribution in [2.75, 3.05) is 0 Å². The summed E-state index contributed by atoms with van der Waals surface area (Å²) in [7, 11) is 1.89. The molecule has 4 rings (SSSR count). The lowest BCUT2D eigenvalue weighted by atomic mass is 10.1. The Morgan fingerprint density at radius 3 is 2.84 bits per heavy atom. The molecule has 0 aliphatic rings. The number of furan rings is 1. The zero-order valence-corrected chi connectivity index (χ0v) is 14.6. The van der Waals surface area contributed by atoms with Crippen molar-refractivity contribution in [1.82, 2.24) is 19.7 Å². The van der Waals surface area contributed by atoms with Gasteiger partial charge in [0.15, 0.2) is 16.0 Å². The molecule has 6 nitrogen and oxygen atoms in total. The van der Waals surface area contributed by atoms with Gasteiger partial charge in [0.2, 0.25) is 0 Å². The minimum absolute atomic E-state index is 0.000135. The summed E-state index contributed by atoms with van der Waals surface area (Å²) in [6.07, 6.45) is 1.65. The summed E-state index contributed by atoms with van der Waals surface area (Å²) in [6.45, 7) is 2.05. The number of hydrogen-bond acceptors (Lipinski definition) is 6. The second-order valence-electron chi connectivity index (χ2n) is 5.78. The van der Waals surface area contributed by atoms with Gasteiger partial charge in [-0.3, -0.25) is 0 Å². The van der Waals surface area contributed by atoms with E-state index in [1.807, 2.05) is 54.9 Å². The van der Waals surface area contributed by atoms with Crippen molar-refractivity contribution in [3.05, 3.63) is 53.9 Å². The van der Waals surface area contributed by atoms with Crippen molar-refractivity contribution in [2.45, 2.75) is 23.8 Å². The maximum atomic E-state index is 9.34. The van der Waals surface area contributed by atoms with Crippen molar-refractivity contribution < 1.29 is 9.52 Å². The minimum atomic E-state index is 0.000135. The molecule has 25 heavy (non-hydrogen) atoms. The van der Waals surface area contributed by atoms with Crippen LogP contribution in [0.25, 0.3) is 22.4 Å². The molecule has 126 valence electrons. The van der Waals surface area contributed by atoms with Crippen LogP contribution in [-0.4, -0.2) is 24.9 Å². The van der Waals surface area contributed by atoms with Crippen LogP contribution in [0.1, 0.15) is 11.1 Å². The zero-order chi connectivity index (χ0) is 17.4. The van der Waals surface area contributed by atoms with Crippen LogP contribution in [-0.2, 0) is 13.7 Å². The van der Waals surface area contributed by atoms with Crippen LogP contribution in [0.5, 0.6) is 0 Å². The topological polar surface area (TPSA) is 77.0 Å². The maximum Gasteiger partial charge on any atom is 0.198 e. The third-order valence-corrected chi connectivity index (χ3v) is 4.93. The number of rotatable bonds is 4. The van der Waals surface area contributed by atoms with E-state index in [4.69, 9.17) is 9.40 Å². The fourth-order valence-corrected chi connectivity index (χ4v) is 3.37. The van der Waals surface area contributed by atoms with Gasteiger partial charge in [-0.2, -0.15) is 0 Å². The Hall–Kier alpha value is -2.64. The third-order valence-electron chi connectivity index (χ3n) is 3.96. The number of aromatic nitrogens is 4. The molecule has 4 aromatic rings. The molecule has 0 atom stereocenters. The van der Waals surface area contributed by atoms with Crippen LogP contribution >= 0.6 is 11.8 Å². The highest BCUT2D eigenvalue weighted by atomic mass is 32.2. The van der Waals surface area contributed by atoms with E-state index in [0.717, 1.165) is 38.0 Å². The van der Waals surface area contributed by atoms with Crippen molar-refractivity contribution in [1.29, 1.82) is 0 Å². The van der Waals surface area contributed by atoms with Crippen molar-refractivity contribution >= 4 is 22.7 Å². The lowest BCUT2D eigenvalue weighted by molar-refractivity contribution is 0.282. The van der Waals surface area contributed by atoms with Crippen LogP contribution in [0, 0.1) is 6.92 Å². The molecule has 0 aliphatic carbocycles. The first-order valence-corrected chi connectivity index (χ1v) is 8.59. The molecule has 7 heteroatoms. The maximum absolute atomic E-state index is 9.34. The summed E-state index contributed by atoms with van der Waals surface area (Å²) in [5, 5.41) is 19.8. The van der Waals surface area contributed by atoms with E-state index < -0.39 is 0 Å². The molecule has 0 unspecified atom stereocenters. The molecule has 0 spiro atoms. The first-order valence-electron chi connectivity index (χ1n) is 7.77. The van der Waals surface area contributed by atoms with Crippen LogP contribution in [0.15, 0.2) is 57.4 Å². The molecule has 0 saturated carbocycles. The second kappa shape index (κ2) is 6.34. The van der Waals surface area contributed by atoms with Gasteiger partial charge in [0.25, 0.3) is 0 Å². The van der Waals surface area contributed by atoms with Crippen molar-refractivity contribution in [2.24, 2.45) is 7.05 Å². The van der Waals surface area contributed by atoms with Crippen LogP contribution < -0.4 is 0 Å². The number of aryl methyl sites for hydroxylation is 2. The average Bonchev–Trinajstić information content (AvgIpc) is 3.24. The molecule has 0 aliphatic heterocycles. The SMILES string of the molecule is Cc1cc(-c2ccc(Sc3nncn3C)o2)nc2cc(CO)ccc12. The summed E-state index contributed by atoms with van der Waals surface area (Å²) in [5.74, 6) is 0.698. The molecule has 0 bridgehead atoms. The Bertz CT molecular complexity index is 1050. The van der Waals surface area contributed by atoms with Crippen molar-refractivity contribution in [3.8, 4) is 11.5 Å². The molecule has 3 aromatic heterocycles. The normalized spacial score (nSPS) is 11.3. The van der Waals surface area contributed by atoms with Gasteiger partial charge in [-0.25, -0.2) is 4.98 Å². The van der Waals surface area contributed by atoms with Gasteiger partial charge in [-0.1, -0.05) is 12.1 Å². The fraction of sp³-hybridized carbons (Fsp3) is 0.167. The number of fused-ring (bicyclic) bond motifs is 1. The standard InChI is InChI=1S/C18H16N4O2S/c1-11-7-15(20-14-8-12(9-23)3-4-13(11)14)16-5-6-17(24-16)25-18-21-19-10-22(18)2/h3-8,10,23H,9H2,1-2H3. The number of benzene rings is 1. The quantitative estimate of drug-likeness (QED) is 0.605. The molecule has 0 amide bonds. The van der Waals surface area contributed by atoms with Crippen molar-refractivity contribution in [3.63, 3.8) is 0 Å². The number of aliphatic hydroxyl groups is 1. The third kappa shape index (κ3) is 3.04. The Balaban J connectivity index is 1.71. The summed E-state index contributed by atoms with van der Waals surface area (Å²) in [4.78, 5) is 4.70. The van der Waals surface area contributed by atoms with E-state index in [2.05, 4.69) is 10.2 Å². The Morgan fingerprint density at radius 1 is 1.20 bits per heavy atom. The highest BCUT2D eigenvalue weighted by Gasteiger charge is 2.12.